The normalized spacial score (nSPS) is 19.6. The number of ether oxygens (including phenoxy) is 2. The predicted molar refractivity (Wildman–Crippen MR) is 105 cm³/mol. The highest BCUT2D eigenvalue weighted by atomic mass is 35.5. The molecule has 0 spiro atoms. The van der Waals surface area contributed by atoms with Crippen molar-refractivity contribution in [1.29, 1.82) is 0 Å². The average molecular weight is 415 g/mol. The van der Waals surface area contributed by atoms with E-state index >= 15 is 0 Å². The van der Waals surface area contributed by atoms with Crippen LogP contribution in [-0.2, 0) is 9.53 Å². The second-order valence-electron chi connectivity index (χ2n) is 8.03. The molecule has 1 fully saturated rings. The van der Waals surface area contributed by atoms with Gasteiger partial charge in [0, 0.05) is 25.2 Å². The molecule has 28 heavy (non-hydrogen) atoms. The molecule has 6 nitrogen and oxygen atoms in total. The summed E-state index contributed by atoms with van der Waals surface area (Å²) in [5.74, 6) is -0.606. The first-order valence-electron chi connectivity index (χ1n) is 9.38. The predicted octanol–water partition coefficient (Wildman–Crippen LogP) is 4.15. The standard InChI is InChI=1S/C20H28ClFN2O4/c1-20(2,3)28-19(26)24(4)14-7-5-13(6-8-14)23-18(25)12-27-15-9-10-16(21)17(22)11-15/h9-11,13-14H,5-8,12H2,1-4H3,(H,23,25)/t13-,14-. The summed E-state index contributed by atoms with van der Waals surface area (Å²) in [6, 6.07) is 4.16. The summed E-state index contributed by atoms with van der Waals surface area (Å²) in [7, 11) is 1.75. The van der Waals surface area contributed by atoms with Crippen LogP contribution in [0.5, 0.6) is 5.75 Å². The minimum atomic E-state index is -0.591. The third-order valence-corrected chi connectivity index (χ3v) is 4.86. The first kappa shape index (κ1) is 22.3. The molecule has 1 aromatic carbocycles. The molecule has 1 aliphatic carbocycles. The van der Waals surface area contributed by atoms with Gasteiger partial charge in [-0.3, -0.25) is 4.79 Å². The van der Waals surface area contributed by atoms with Crippen LogP contribution in [0.15, 0.2) is 18.2 Å². The lowest BCUT2D eigenvalue weighted by molar-refractivity contribution is -0.124. The molecule has 1 aromatic rings. The van der Waals surface area contributed by atoms with Gasteiger partial charge in [-0.2, -0.15) is 0 Å². The van der Waals surface area contributed by atoms with Crippen molar-refractivity contribution in [2.24, 2.45) is 0 Å². The quantitative estimate of drug-likeness (QED) is 0.785. The molecule has 1 aliphatic rings. The zero-order chi connectivity index (χ0) is 20.9. The molecule has 2 rings (SSSR count). The van der Waals surface area contributed by atoms with E-state index in [1.54, 1.807) is 11.9 Å². The fourth-order valence-electron chi connectivity index (χ4n) is 3.08. The molecule has 1 N–H and O–H groups in total. The molecular formula is C20H28ClFN2O4. The summed E-state index contributed by atoms with van der Waals surface area (Å²) in [5.41, 5.74) is -0.524. The molecule has 2 amide bonds. The molecule has 0 atom stereocenters. The molecule has 0 saturated heterocycles. The summed E-state index contributed by atoms with van der Waals surface area (Å²) in [6.07, 6.45) is 2.76. The summed E-state index contributed by atoms with van der Waals surface area (Å²) in [5, 5.41) is 2.93. The van der Waals surface area contributed by atoms with Gasteiger partial charge < -0.3 is 19.7 Å². The Morgan fingerprint density at radius 1 is 1.25 bits per heavy atom. The lowest BCUT2D eigenvalue weighted by atomic mass is 9.90. The smallest absolute Gasteiger partial charge is 0.410 e. The number of carbonyl (C=O) groups excluding carboxylic acids is 2. The van der Waals surface area contributed by atoms with Crippen LogP contribution in [0.1, 0.15) is 46.5 Å². The summed E-state index contributed by atoms with van der Waals surface area (Å²) >= 11 is 5.61. The number of hydrogen-bond acceptors (Lipinski definition) is 4. The van der Waals surface area contributed by atoms with Gasteiger partial charge in [0.1, 0.15) is 17.2 Å². The van der Waals surface area contributed by atoms with E-state index in [2.05, 4.69) is 5.32 Å². The van der Waals surface area contributed by atoms with E-state index in [-0.39, 0.29) is 41.5 Å². The fraction of sp³-hybridized carbons (Fsp3) is 0.600. The summed E-state index contributed by atoms with van der Waals surface area (Å²) < 4.78 is 24.1. The van der Waals surface area contributed by atoms with Crippen molar-refractivity contribution in [3.05, 3.63) is 29.0 Å². The second-order valence-corrected chi connectivity index (χ2v) is 8.44. The minimum absolute atomic E-state index is 0.00455. The molecule has 0 aliphatic heterocycles. The van der Waals surface area contributed by atoms with Crippen LogP contribution in [0.3, 0.4) is 0 Å². The Balaban J connectivity index is 1.73. The van der Waals surface area contributed by atoms with Crippen LogP contribution in [0.4, 0.5) is 9.18 Å². The highest BCUT2D eigenvalue weighted by Crippen LogP contribution is 2.24. The monoisotopic (exact) mass is 414 g/mol. The zero-order valence-electron chi connectivity index (χ0n) is 16.8. The molecule has 0 bridgehead atoms. The maximum absolute atomic E-state index is 13.4. The number of amides is 2. The lowest BCUT2D eigenvalue weighted by Gasteiger charge is -2.35. The maximum Gasteiger partial charge on any atom is 0.410 e. The third kappa shape index (κ3) is 6.86. The van der Waals surface area contributed by atoms with Crippen LogP contribution in [0.25, 0.3) is 0 Å². The Labute approximate surface area is 170 Å². The first-order valence-corrected chi connectivity index (χ1v) is 9.76. The topological polar surface area (TPSA) is 67.9 Å². The van der Waals surface area contributed by atoms with E-state index in [0.29, 0.717) is 0 Å². The van der Waals surface area contributed by atoms with Crippen molar-refractivity contribution in [2.45, 2.75) is 64.1 Å². The lowest BCUT2D eigenvalue weighted by Crippen LogP contribution is -2.46. The number of carbonyl (C=O) groups is 2. The Morgan fingerprint density at radius 2 is 1.89 bits per heavy atom. The SMILES string of the molecule is CN(C(=O)OC(C)(C)C)[C@H]1CC[C@H](NC(=O)COc2ccc(Cl)c(F)c2)CC1. The molecular weight excluding hydrogens is 387 g/mol. The molecule has 0 aromatic heterocycles. The van der Waals surface area contributed by atoms with Gasteiger partial charge in [-0.05, 0) is 58.6 Å². The minimum Gasteiger partial charge on any atom is -0.484 e. The average Bonchev–Trinajstić information content (AvgIpc) is 2.61. The number of rotatable bonds is 5. The van der Waals surface area contributed by atoms with Crippen molar-refractivity contribution in [3.63, 3.8) is 0 Å². The zero-order valence-corrected chi connectivity index (χ0v) is 17.5. The van der Waals surface area contributed by atoms with Crippen molar-refractivity contribution < 1.29 is 23.5 Å². The van der Waals surface area contributed by atoms with E-state index < -0.39 is 11.4 Å². The van der Waals surface area contributed by atoms with Crippen molar-refractivity contribution in [1.82, 2.24) is 10.2 Å². The van der Waals surface area contributed by atoms with Crippen molar-refractivity contribution in [2.75, 3.05) is 13.7 Å². The van der Waals surface area contributed by atoms with E-state index in [1.165, 1.54) is 12.1 Å². The molecule has 156 valence electrons. The van der Waals surface area contributed by atoms with Gasteiger partial charge in [0.2, 0.25) is 0 Å². The molecule has 0 unspecified atom stereocenters. The summed E-state index contributed by atoms with van der Waals surface area (Å²) in [6.45, 7) is 5.32. The number of nitrogens with one attached hydrogen (secondary N) is 1. The summed E-state index contributed by atoms with van der Waals surface area (Å²) in [4.78, 5) is 25.9. The second kappa shape index (κ2) is 9.45. The number of benzene rings is 1. The van der Waals surface area contributed by atoms with Gasteiger partial charge in [-0.1, -0.05) is 11.6 Å². The molecule has 0 heterocycles. The fourth-order valence-corrected chi connectivity index (χ4v) is 3.19. The molecule has 0 radical (unpaired) electrons. The van der Waals surface area contributed by atoms with Crippen LogP contribution in [-0.4, -0.2) is 48.2 Å². The Bertz CT molecular complexity index is 700. The highest BCUT2D eigenvalue weighted by molar-refractivity contribution is 6.30. The van der Waals surface area contributed by atoms with E-state index in [4.69, 9.17) is 21.1 Å². The number of nitrogens with zero attached hydrogens (tertiary/aromatic N) is 1. The number of hydrogen-bond donors (Lipinski definition) is 1. The van der Waals surface area contributed by atoms with Gasteiger partial charge >= 0.3 is 6.09 Å². The molecule has 8 heteroatoms. The number of halogens is 2. The van der Waals surface area contributed by atoms with Crippen LogP contribution < -0.4 is 10.1 Å². The Hall–Kier alpha value is -2.02. The maximum atomic E-state index is 13.4. The highest BCUT2D eigenvalue weighted by Gasteiger charge is 2.29. The van der Waals surface area contributed by atoms with Gasteiger partial charge in [0.05, 0.1) is 5.02 Å². The van der Waals surface area contributed by atoms with Gasteiger partial charge in [-0.25, -0.2) is 9.18 Å². The van der Waals surface area contributed by atoms with E-state index in [9.17, 15) is 14.0 Å². The van der Waals surface area contributed by atoms with Crippen LogP contribution >= 0.6 is 11.6 Å². The van der Waals surface area contributed by atoms with Crippen LogP contribution in [0, 0.1) is 5.82 Å². The van der Waals surface area contributed by atoms with Gasteiger partial charge in [0.25, 0.3) is 5.91 Å². The van der Waals surface area contributed by atoms with Gasteiger partial charge in [0.15, 0.2) is 6.61 Å². The van der Waals surface area contributed by atoms with E-state index in [0.717, 1.165) is 31.7 Å². The largest absolute Gasteiger partial charge is 0.484 e. The van der Waals surface area contributed by atoms with Crippen molar-refractivity contribution >= 4 is 23.6 Å². The first-order chi connectivity index (χ1) is 13.0. The van der Waals surface area contributed by atoms with Gasteiger partial charge in [-0.15, -0.1) is 0 Å². The van der Waals surface area contributed by atoms with Crippen LogP contribution in [0.2, 0.25) is 5.02 Å². The Morgan fingerprint density at radius 3 is 2.46 bits per heavy atom. The third-order valence-electron chi connectivity index (χ3n) is 4.55. The molecule has 1 saturated carbocycles. The van der Waals surface area contributed by atoms with Crippen molar-refractivity contribution in [3.8, 4) is 5.75 Å². The van der Waals surface area contributed by atoms with E-state index in [1.807, 2.05) is 20.8 Å². The Kier molecular flexibility index (Phi) is 7.52.